The quantitative estimate of drug-likeness (QED) is 0.285. The fourth-order valence-corrected chi connectivity index (χ4v) is 4.74. The lowest BCUT2D eigenvalue weighted by Gasteiger charge is -2.36. The van der Waals surface area contributed by atoms with Crippen LogP contribution in [-0.2, 0) is 0 Å². The van der Waals surface area contributed by atoms with Crippen molar-refractivity contribution in [3.63, 3.8) is 0 Å². The molecule has 1 saturated heterocycles. The van der Waals surface area contributed by atoms with Gasteiger partial charge in [0.15, 0.2) is 22.6 Å². The Balaban J connectivity index is 1.59. The first-order valence-corrected chi connectivity index (χ1v) is 13.3. The Labute approximate surface area is 227 Å². The van der Waals surface area contributed by atoms with E-state index in [2.05, 4.69) is 54.9 Å². The van der Waals surface area contributed by atoms with Gasteiger partial charge < -0.3 is 30.5 Å². The van der Waals surface area contributed by atoms with Gasteiger partial charge in [0.25, 0.3) is 0 Å². The average molecular weight is 541 g/mol. The number of anilines is 4. The number of aryl methyl sites for hydroxylation is 1. The SMILES string of the molecule is CNC(=O)Nc1ccc(Sc2nc(Nc3cc(C)[nH]n3)c(OC)c(N3CCN(CCN(C)C)CC3)n2)cc1. The molecule has 204 valence electrons. The zero-order valence-corrected chi connectivity index (χ0v) is 23.4. The van der Waals surface area contributed by atoms with Crippen LogP contribution in [0, 0.1) is 6.92 Å². The number of urea groups is 1. The molecule has 4 rings (SSSR count). The first kappa shape index (κ1) is 27.5. The third-order valence-electron chi connectivity index (χ3n) is 6.07. The van der Waals surface area contributed by atoms with Gasteiger partial charge in [-0.25, -0.2) is 14.8 Å². The molecule has 0 atom stereocenters. The molecule has 1 aliphatic rings. The normalized spacial score (nSPS) is 14.0. The molecule has 12 nitrogen and oxygen atoms in total. The number of aromatic nitrogens is 4. The van der Waals surface area contributed by atoms with E-state index in [1.165, 1.54) is 11.8 Å². The van der Waals surface area contributed by atoms with Gasteiger partial charge in [0.2, 0.25) is 5.75 Å². The second kappa shape index (κ2) is 12.8. The number of amides is 2. The van der Waals surface area contributed by atoms with Crippen molar-refractivity contribution in [2.75, 3.05) is 83.1 Å². The monoisotopic (exact) mass is 540 g/mol. The van der Waals surface area contributed by atoms with Crippen molar-refractivity contribution in [2.45, 2.75) is 17.0 Å². The maximum Gasteiger partial charge on any atom is 0.318 e. The van der Waals surface area contributed by atoms with Crippen LogP contribution < -0.4 is 25.6 Å². The molecule has 38 heavy (non-hydrogen) atoms. The molecule has 0 spiro atoms. The number of ether oxygens (including phenoxy) is 1. The summed E-state index contributed by atoms with van der Waals surface area (Å²) in [7, 11) is 7.42. The van der Waals surface area contributed by atoms with Crippen LogP contribution in [0.25, 0.3) is 0 Å². The van der Waals surface area contributed by atoms with Crippen LogP contribution >= 0.6 is 11.8 Å². The minimum Gasteiger partial charge on any atom is -0.490 e. The number of nitrogens with one attached hydrogen (secondary N) is 4. The van der Waals surface area contributed by atoms with Crippen molar-refractivity contribution >= 4 is 40.9 Å². The Morgan fingerprint density at radius 3 is 2.50 bits per heavy atom. The van der Waals surface area contributed by atoms with Crippen molar-refractivity contribution in [3.8, 4) is 5.75 Å². The van der Waals surface area contributed by atoms with E-state index < -0.39 is 0 Å². The first-order valence-electron chi connectivity index (χ1n) is 12.5. The molecule has 1 aliphatic heterocycles. The van der Waals surface area contributed by atoms with Gasteiger partial charge >= 0.3 is 6.03 Å². The van der Waals surface area contributed by atoms with E-state index >= 15 is 0 Å². The highest BCUT2D eigenvalue weighted by Crippen LogP contribution is 2.38. The smallest absolute Gasteiger partial charge is 0.318 e. The third-order valence-corrected chi connectivity index (χ3v) is 6.94. The van der Waals surface area contributed by atoms with Crippen molar-refractivity contribution in [1.29, 1.82) is 0 Å². The molecule has 0 unspecified atom stereocenters. The lowest BCUT2D eigenvalue weighted by atomic mass is 10.3. The van der Waals surface area contributed by atoms with Crippen LogP contribution in [-0.4, -0.2) is 104 Å². The summed E-state index contributed by atoms with van der Waals surface area (Å²) in [6.07, 6.45) is 0. The summed E-state index contributed by atoms with van der Waals surface area (Å²) in [5.74, 6) is 2.55. The average Bonchev–Trinajstić information content (AvgIpc) is 3.32. The van der Waals surface area contributed by atoms with Crippen LogP contribution in [0.15, 0.2) is 40.4 Å². The van der Waals surface area contributed by atoms with E-state index in [0.717, 1.165) is 55.7 Å². The van der Waals surface area contributed by atoms with Crippen molar-refractivity contribution in [3.05, 3.63) is 36.0 Å². The van der Waals surface area contributed by atoms with Crippen LogP contribution in [0.5, 0.6) is 5.75 Å². The van der Waals surface area contributed by atoms with E-state index in [4.69, 9.17) is 14.7 Å². The Bertz CT molecular complexity index is 1210. The molecule has 2 amide bonds. The van der Waals surface area contributed by atoms with E-state index in [0.29, 0.717) is 28.2 Å². The number of hydrogen-bond acceptors (Lipinski definition) is 10. The highest BCUT2D eigenvalue weighted by Gasteiger charge is 2.25. The van der Waals surface area contributed by atoms with E-state index in [9.17, 15) is 4.79 Å². The Kier molecular flexibility index (Phi) is 9.26. The van der Waals surface area contributed by atoms with Gasteiger partial charge in [-0.3, -0.25) is 10.00 Å². The number of methoxy groups -OCH3 is 1. The molecule has 13 heteroatoms. The maximum absolute atomic E-state index is 11.6. The lowest BCUT2D eigenvalue weighted by molar-refractivity contribution is 0.228. The Hall–Kier alpha value is -3.55. The molecule has 1 fully saturated rings. The molecule has 0 saturated carbocycles. The van der Waals surface area contributed by atoms with Gasteiger partial charge in [-0.1, -0.05) is 0 Å². The van der Waals surface area contributed by atoms with Gasteiger partial charge in [0.1, 0.15) is 0 Å². The van der Waals surface area contributed by atoms with Gasteiger partial charge in [0.05, 0.1) is 7.11 Å². The molecular weight excluding hydrogens is 504 g/mol. The summed E-state index contributed by atoms with van der Waals surface area (Å²) < 4.78 is 5.84. The number of H-pyrrole nitrogens is 1. The van der Waals surface area contributed by atoms with Crippen LogP contribution in [0.2, 0.25) is 0 Å². The van der Waals surface area contributed by atoms with Crippen molar-refractivity contribution in [1.82, 2.24) is 35.3 Å². The number of benzene rings is 1. The Morgan fingerprint density at radius 2 is 1.89 bits per heavy atom. The van der Waals surface area contributed by atoms with Crippen LogP contribution in [0.1, 0.15) is 5.69 Å². The molecular formula is C25H36N10O2S. The van der Waals surface area contributed by atoms with E-state index in [-0.39, 0.29) is 6.03 Å². The van der Waals surface area contributed by atoms with Gasteiger partial charge in [-0.15, -0.1) is 0 Å². The number of rotatable bonds is 10. The van der Waals surface area contributed by atoms with Crippen LogP contribution in [0.4, 0.5) is 27.9 Å². The van der Waals surface area contributed by atoms with Crippen molar-refractivity contribution in [2.24, 2.45) is 0 Å². The highest BCUT2D eigenvalue weighted by molar-refractivity contribution is 7.99. The van der Waals surface area contributed by atoms with Gasteiger partial charge in [-0.05, 0) is 57.0 Å². The standard InChI is InChI=1S/C25H36N10O2S/c1-17-16-20(32-31-17)28-22-21(37-5)23(35-14-12-34(13-15-35)11-10-33(3)4)30-25(29-22)38-19-8-6-18(7-9-19)27-24(36)26-2/h6-9,16H,10-15H2,1-5H3,(H2,26,27,36)(H2,28,29,30,31,32). The fourth-order valence-electron chi connectivity index (χ4n) is 3.98. The third kappa shape index (κ3) is 7.27. The summed E-state index contributed by atoms with van der Waals surface area (Å²) in [6, 6.07) is 9.20. The summed E-state index contributed by atoms with van der Waals surface area (Å²) in [5, 5.41) is 16.4. The second-order valence-corrected chi connectivity index (χ2v) is 10.3. The largest absolute Gasteiger partial charge is 0.490 e. The summed E-state index contributed by atoms with van der Waals surface area (Å²) >= 11 is 1.44. The fraction of sp³-hybridized carbons (Fsp3) is 0.440. The number of hydrogen-bond donors (Lipinski definition) is 4. The minimum atomic E-state index is -0.264. The van der Waals surface area contributed by atoms with Crippen molar-refractivity contribution < 1.29 is 9.53 Å². The number of aromatic amines is 1. The number of piperazine rings is 1. The molecule has 3 aromatic rings. The molecule has 3 heterocycles. The predicted octanol–water partition coefficient (Wildman–Crippen LogP) is 2.85. The second-order valence-electron chi connectivity index (χ2n) is 9.24. The molecule has 0 radical (unpaired) electrons. The minimum absolute atomic E-state index is 0.264. The predicted molar refractivity (Wildman–Crippen MR) is 151 cm³/mol. The number of carbonyl (C=O) groups excluding carboxylic acids is 1. The molecule has 1 aromatic carbocycles. The van der Waals surface area contributed by atoms with Crippen LogP contribution in [0.3, 0.4) is 0 Å². The number of likely N-dealkylation sites (N-methyl/N-ethyl adjacent to an activating group) is 1. The number of nitrogens with zero attached hydrogens (tertiary/aromatic N) is 6. The Morgan fingerprint density at radius 1 is 1.16 bits per heavy atom. The highest BCUT2D eigenvalue weighted by atomic mass is 32.2. The molecule has 4 N–H and O–H groups in total. The summed E-state index contributed by atoms with van der Waals surface area (Å²) in [4.78, 5) is 29.2. The summed E-state index contributed by atoms with van der Waals surface area (Å²) in [6.45, 7) is 7.60. The van der Waals surface area contributed by atoms with E-state index in [1.54, 1.807) is 14.2 Å². The topological polar surface area (TPSA) is 127 Å². The molecule has 0 aliphatic carbocycles. The molecule has 0 bridgehead atoms. The zero-order chi connectivity index (χ0) is 27.1. The van der Waals surface area contributed by atoms with Gasteiger partial charge in [-0.2, -0.15) is 5.10 Å². The zero-order valence-electron chi connectivity index (χ0n) is 22.5. The van der Waals surface area contributed by atoms with Gasteiger partial charge in [0, 0.05) is 68.7 Å². The lowest BCUT2D eigenvalue weighted by Crippen LogP contribution is -2.48. The number of carbonyl (C=O) groups is 1. The maximum atomic E-state index is 11.6. The molecule has 2 aromatic heterocycles. The summed E-state index contributed by atoms with van der Waals surface area (Å²) in [5.41, 5.74) is 1.64. The first-order chi connectivity index (χ1) is 18.3. The van der Waals surface area contributed by atoms with E-state index in [1.807, 2.05) is 37.3 Å².